The summed E-state index contributed by atoms with van der Waals surface area (Å²) in [5, 5.41) is 16.6. The number of ether oxygens (including phenoxy) is 1. The second-order valence-corrected chi connectivity index (χ2v) is 9.74. The number of carboxylic acid groups (broad SMARTS) is 1. The van der Waals surface area contributed by atoms with Crippen molar-refractivity contribution in [1.29, 1.82) is 0 Å². The number of carbonyl (C=O) groups excluding carboxylic acids is 1. The summed E-state index contributed by atoms with van der Waals surface area (Å²) in [5.74, 6) is -0.672. The maximum atomic E-state index is 12.3. The highest BCUT2D eigenvalue weighted by Crippen LogP contribution is 2.30. The van der Waals surface area contributed by atoms with E-state index >= 15 is 0 Å². The number of rotatable bonds is 7. The first-order valence-corrected chi connectivity index (χ1v) is 11.3. The lowest BCUT2D eigenvalue weighted by Gasteiger charge is -2.36. The van der Waals surface area contributed by atoms with Crippen LogP contribution >= 0.6 is 0 Å². The predicted molar refractivity (Wildman–Crippen MR) is 126 cm³/mol. The first-order chi connectivity index (χ1) is 15.5. The van der Waals surface area contributed by atoms with Gasteiger partial charge in [0.1, 0.15) is 29.3 Å². The normalized spacial score (nSPS) is 15.5. The number of aromatic nitrogens is 1. The van der Waals surface area contributed by atoms with E-state index in [-0.39, 0.29) is 12.0 Å². The highest BCUT2D eigenvalue weighted by atomic mass is 16.6. The molecule has 1 aliphatic rings. The lowest BCUT2D eigenvalue weighted by Crippen LogP contribution is -2.50. The van der Waals surface area contributed by atoms with E-state index in [0.29, 0.717) is 44.0 Å². The molecule has 1 aromatic heterocycles. The SMILES string of the molecule is CC(C)C[C@H](Nc1conc1-c1ccc(N2CCN(C(=O)OC(C)(C)C)CC2)cc1)C(=O)O. The first kappa shape index (κ1) is 24.4. The Morgan fingerprint density at radius 1 is 1.15 bits per heavy atom. The lowest BCUT2D eigenvalue weighted by molar-refractivity contribution is -0.138. The Morgan fingerprint density at radius 2 is 1.79 bits per heavy atom. The highest BCUT2D eigenvalue weighted by molar-refractivity contribution is 5.81. The second-order valence-electron chi connectivity index (χ2n) is 9.74. The molecule has 2 heterocycles. The van der Waals surface area contributed by atoms with Crippen LogP contribution in [0.1, 0.15) is 41.0 Å². The van der Waals surface area contributed by atoms with Crippen molar-refractivity contribution < 1.29 is 24.0 Å². The van der Waals surface area contributed by atoms with Gasteiger partial charge in [-0.1, -0.05) is 31.1 Å². The standard InChI is InChI=1S/C24H34N4O5/c1-16(2)14-19(22(29)30)25-20-15-32-26-21(20)17-6-8-18(9-7-17)27-10-12-28(13-11-27)23(31)33-24(3,4)5/h6-9,15-16,19,25H,10-14H2,1-5H3,(H,29,30)/t19-/m0/s1. The van der Waals surface area contributed by atoms with Crippen molar-refractivity contribution in [3.8, 4) is 11.3 Å². The number of nitrogens with zero attached hydrogens (tertiary/aromatic N) is 3. The van der Waals surface area contributed by atoms with E-state index in [1.54, 1.807) is 4.90 Å². The van der Waals surface area contributed by atoms with Crippen LogP contribution < -0.4 is 10.2 Å². The van der Waals surface area contributed by atoms with Gasteiger partial charge in [0.15, 0.2) is 0 Å². The molecule has 1 aromatic carbocycles. The number of benzene rings is 1. The minimum absolute atomic E-state index is 0.233. The molecule has 1 saturated heterocycles. The number of piperazine rings is 1. The van der Waals surface area contributed by atoms with Crippen LogP contribution in [0.4, 0.5) is 16.2 Å². The van der Waals surface area contributed by atoms with E-state index in [1.165, 1.54) is 6.26 Å². The van der Waals surface area contributed by atoms with Gasteiger partial charge in [-0.25, -0.2) is 9.59 Å². The molecule has 1 fully saturated rings. The number of aliphatic carboxylic acids is 1. The van der Waals surface area contributed by atoms with Crippen molar-refractivity contribution in [3.63, 3.8) is 0 Å². The molecule has 9 nitrogen and oxygen atoms in total. The Bertz CT molecular complexity index is 941. The molecule has 0 aliphatic carbocycles. The van der Waals surface area contributed by atoms with E-state index in [9.17, 15) is 14.7 Å². The van der Waals surface area contributed by atoms with Crippen LogP contribution in [-0.4, -0.2) is 65.0 Å². The number of hydrogen-bond donors (Lipinski definition) is 2. The van der Waals surface area contributed by atoms with E-state index < -0.39 is 17.6 Å². The second kappa shape index (κ2) is 10.1. The Balaban J connectivity index is 1.63. The molecule has 0 radical (unpaired) electrons. The number of nitrogens with one attached hydrogen (secondary N) is 1. The van der Waals surface area contributed by atoms with Gasteiger partial charge in [-0.3, -0.25) is 0 Å². The topological polar surface area (TPSA) is 108 Å². The molecule has 0 bridgehead atoms. The van der Waals surface area contributed by atoms with Crippen molar-refractivity contribution in [2.75, 3.05) is 36.4 Å². The maximum Gasteiger partial charge on any atom is 0.410 e. The molecule has 33 heavy (non-hydrogen) atoms. The van der Waals surface area contributed by atoms with Gasteiger partial charge >= 0.3 is 12.1 Å². The van der Waals surface area contributed by atoms with Crippen LogP contribution in [0.3, 0.4) is 0 Å². The smallest absolute Gasteiger partial charge is 0.410 e. The fraction of sp³-hybridized carbons (Fsp3) is 0.542. The maximum absolute atomic E-state index is 12.3. The van der Waals surface area contributed by atoms with Gasteiger partial charge in [-0.2, -0.15) is 0 Å². The largest absolute Gasteiger partial charge is 0.480 e. The van der Waals surface area contributed by atoms with Crippen molar-refractivity contribution in [2.45, 2.75) is 52.7 Å². The molecule has 1 atom stereocenters. The monoisotopic (exact) mass is 458 g/mol. The van der Waals surface area contributed by atoms with Gasteiger partial charge in [0, 0.05) is 37.4 Å². The van der Waals surface area contributed by atoms with Crippen LogP contribution in [0.2, 0.25) is 0 Å². The van der Waals surface area contributed by atoms with Crippen molar-refractivity contribution in [2.24, 2.45) is 5.92 Å². The third-order valence-electron chi connectivity index (χ3n) is 5.34. The molecule has 0 unspecified atom stereocenters. The minimum Gasteiger partial charge on any atom is -0.480 e. The summed E-state index contributed by atoms with van der Waals surface area (Å²) in [5.41, 5.74) is 2.51. The quantitative estimate of drug-likeness (QED) is 0.632. The summed E-state index contributed by atoms with van der Waals surface area (Å²) in [4.78, 5) is 27.8. The number of amides is 1. The van der Waals surface area contributed by atoms with E-state index in [1.807, 2.05) is 58.9 Å². The Labute approximate surface area is 194 Å². The molecule has 1 aliphatic heterocycles. The lowest BCUT2D eigenvalue weighted by atomic mass is 10.0. The molecular formula is C24H34N4O5. The molecule has 0 spiro atoms. The number of hydrogen-bond acceptors (Lipinski definition) is 7. The fourth-order valence-electron chi connectivity index (χ4n) is 3.73. The van der Waals surface area contributed by atoms with E-state index in [4.69, 9.17) is 9.26 Å². The summed E-state index contributed by atoms with van der Waals surface area (Å²) < 4.78 is 10.6. The van der Waals surface area contributed by atoms with Crippen LogP contribution in [0.25, 0.3) is 11.3 Å². The predicted octanol–water partition coefficient (Wildman–Crippen LogP) is 4.31. The van der Waals surface area contributed by atoms with Gasteiger partial charge in [-0.05, 0) is 45.2 Å². The summed E-state index contributed by atoms with van der Waals surface area (Å²) >= 11 is 0. The molecule has 180 valence electrons. The highest BCUT2D eigenvalue weighted by Gasteiger charge is 2.26. The van der Waals surface area contributed by atoms with Crippen LogP contribution in [0, 0.1) is 5.92 Å². The van der Waals surface area contributed by atoms with Gasteiger partial charge in [0.2, 0.25) is 0 Å². The molecule has 1 amide bonds. The van der Waals surface area contributed by atoms with Crippen LogP contribution in [0.5, 0.6) is 0 Å². The van der Waals surface area contributed by atoms with E-state index in [2.05, 4.69) is 15.4 Å². The zero-order valence-electron chi connectivity index (χ0n) is 20.0. The van der Waals surface area contributed by atoms with Crippen LogP contribution in [0.15, 0.2) is 35.1 Å². The molecule has 0 saturated carbocycles. The zero-order valence-corrected chi connectivity index (χ0v) is 20.0. The summed E-state index contributed by atoms with van der Waals surface area (Å²) in [7, 11) is 0. The molecule has 2 N–H and O–H groups in total. The average molecular weight is 459 g/mol. The van der Waals surface area contributed by atoms with Crippen molar-refractivity contribution in [1.82, 2.24) is 10.1 Å². The summed E-state index contributed by atoms with van der Waals surface area (Å²) in [6.07, 6.45) is 1.66. The third kappa shape index (κ3) is 6.63. The van der Waals surface area contributed by atoms with Gasteiger partial charge in [0.25, 0.3) is 0 Å². The molecule has 3 rings (SSSR count). The number of anilines is 2. The average Bonchev–Trinajstić information content (AvgIpc) is 3.20. The van der Waals surface area contributed by atoms with Gasteiger partial charge in [-0.15, -0.1) is 0 Å². The van der Waals surface area contributed by atoms with E-state index in [0.717, 1.165) is 11.3 Å². The molecular weight excluding hydrogens is 424 g/mol. The fourth-order valence-corrected chi connectivity index (χ4v) is 3.73. The Kier molecular flexibility index (Phi) is 7.50. The number of carbonyl (C=O) groups is 2. The third-order valence-corrected chi connectivity index (χ3v) is 5.34. The van der Waals surface area contributed by atoms with Crippen molar-refractivity contribution in [3.05, 3.63) is 30.5 Å². The van der Waals surface area contributed by atoms with Gasteiger partial charge < -0.3 is 29.5 Å². The number of carboxylic acids is 1. The molecule has 2 aromatic rings. The first-order valence-electron chi connectivity index (χ1n) is 11.3. The Morgan fingerprint density at radius 3 is 2.33 bits per heavy atom. The van der Waals surface area contributed by atoms with Crippen molar-refractivity contribution >= 4 is 23.4 Å². The summed E-state index contributed by atoms with van der Waals surface area (Å²) in [6, 6.07) is 7.16. The molecule has 9 heteroatoms. The summed E-state index contributed by atoms with van der Waals surface area (Å²) in [6.45, 7) is 12.2. The zero-order chi connectivity index (χ0) is 24.2. The Hall–Kier alpha value is -3.23. The minimum atomic E-state index is -0.906. The van der Waals surface area contributed by atoms with Gasteiger partial charge in [0.05, 0.1) is 0 Å². The van der Waals surface area contributed by atoms with Crippen LogP contribution in [-0.2, 0) is 9.53 Å².